The highest BCUT2D eigenvalue weighted by Crippen LogP contribution is 2.32. The standard InChI is InChI=1S/C15H19N3O2/c1-12(9-16)18-6-4-17(5-7-18)10-13-2-3-14-15(8-13)20-11-19-14/h2-3,8,12H,4-7,10-11H2,1H3/p+2/t12-/m1/s1. The number of nitriles is 1. The predicted molar refractivity (Wildman–Crippen MR) is 72.7 cm³/mol. The molecular weight excluding hydrogens is 254 g/mol. The molecule has 3 rings (SSSR count). The summed E-state index contributed by atoms with van der Waals surface area (Å²) in [4.78, 5) is 3.00. The van der Waals surface area contributed by atoms with E-state index in [4.69, 9.17) is 14.7 Å². The maximum absolute atomic E-state index is 8.97. The fourth-order valence-corrected chi connectivity index (χ4v) is 2.97. The van der Waals surface area contributed by atoms with Gasteiger partial charge in [0.2, 0.25) is 6.79 Å². The number of nitrogens with one attached hydrogen (secondary N) is 2. The Bertz CT molecular complexity index is 518. The Morgan fingerprint density at radius 2 is 1.95 bits per heavy atom. The summed E-state index contributed by atoms with van der Waals surface area (Å²) in [6, 6.07) is 8.67. The van der Waals surface area contributed by atoms with Gasteiger partial charge in [-0.1, -0.05) is 0 Å². The third-order valence-corrected chi connectivity index (χ3v) is 4.30. The number of hydrogen-bond acceptors (Lipinski definition) is 3. The minimum Gasteiger partial charge on any atom is -0.454 e. The Morgan fingerprint density at radius 1 is 1.20 bits per heavy atom. The highest BCUT2D eigenvalue weighted by molar-refractivity contribution is 5.44. The lowest BCUT2D eigenvalue weighted by atomic mass is 10.1. The Hall–Kier alpha value is -1.77. The van der Waals surface area contributed by atoms with E-state index >= 15 is 0 Å². The van der Waals surface area contributed by atoms with E-state index in [-0.39, 0.29) is 6.04 Å². The predicted octanol–water partition coefficient (Wildman–Crippen LogP) is -1.39. The van der Waals surface area contributed by atoms with Crippen LogP contribution >= 0.6 is 0 Å². The Balaban J connectivity index is 1.56. The molecule has 0 unspecified atom stereocenters. The summed E-state index contributed by atoms with van der Waals surface area (Å²) >= 11 is 0. The van der Waals surface area contributed by atoms with E-state index in [0.29, 0.717) is 6.79 Å². The van der Waals surface area contributed by atoms with E-state index in [1.807, 2.05) is 13.0 Å². The van der Waals surface area contributed by atoms with Gasteiger partial charge in [0.15, 0.2) is 17.5 Å². The van der Waals surface area contributed by atoms with Crippen LogP contribution in [0.3, 0.4) is 0 Å². The maximum atomic E-state index is 8.97. The van der Waals surface area contributed by atoms with E-state index < -0.39 is 0 Å². The molecule has 0 spiro atoms. The molecule has 0 aromatic heterocycles. The lowest BCUT2D eigenvalue weighted by Gasteiger charge is -2.30. The number of benzene rings is 1. The summed E-state index contributed by atoms with van der Waals surface area (Å²) < 4.78 is 10.8. The molecule has 0 radical (unpaired) electrons. The third-order valence-electron chi connectivity index (χ3n) is 4.30. The van der Waals surface area contributed by atoms with Gasteiger partial charge in [0.1, 0.15) is 38.8 Å². The molecule has 0 aliphatic carbocycles. The molecule has 2 heterocycles. The van der Waals surface area contributed by atoms with Crippen LogP contribution in [0.4, 0.5) is 0 Å². The van der Waals surface area contributed by atoms with Crippen LogP contribution in [0.1, 0.15) is 12.5 Å². The van der Waals surface area contributed by atoms with E-state index in [2.05, 4.69) is 18.2 Å². The summed E-state index contributed by atoms with van der Waals surface area (Å²) in [6.07, 6.45) is 0. The molecule has 1 fully saturated rings. The van der Waals surface area contributed by atoms with Crippen molar-refractivity contribution in [3.05, 3.63) is 23.8 Å². The fraction of sp³-hybridized carbons (Fsp3) is 0.533. The van der Waals surface area contributed by atoms with Crippen LogP contribution in [0.15, 0.2) is 18.2 Å². The van der Waals surface area contributed by atoms with Gasteiger partial charge in [-0.2, -0.15) is 5.26 Å². The highest BCUT2D eigenvalue weighted by Gasteiger charge is 2.27. The number of hydrogen-bond donors (Lipinski definition) is 2. The zero-order valence-electron chi connectivity index (χ0n) is 11.8. The van der Waals surface area contributed by atoms with Crippen LogP contribution in [-0.4, -0.2) is 39.0 Å². The molecule has 1 saturated heterocycles. The van der Waals surface area contributed by atoms with Crippen molar-refractivity contribution in [3.8, 4) is 17.6 Å². The van der Waals surface area contributed by atoms with Crippen molar-refractivity contribution < 1.29 is 19.3 Å². The van der Waals surface area contributed by atoms with E-state index in [1.165, 1.54) is 10.5 Å². The topological polar surface area (TPSA) is 51.1 Å². The van der Waals surface area contributed by atoms with Gasteiger partial charge in [0, 0.05) is 12.5 Å². The van der Waals surface area contributed by atoms with Crippen LogP contribution in [0, 0.1) is 11.3 Å². The van der Waals surface area contributed by atoms with Gasteiger partial charge < -0.3 is 19.3 Å². The second-order valence-electron chi connectivity index (χ2n) is 5.62. The zero-order chi connectivity index (χ0) is 13.9. The monoisotopic (exact) mass is 275 g/mol. The number of piperazine rings is 1. The van der Waals surface area contributed by atoms with Crippen molar-refractivity contribution in [2.75, 3.05) is 33.0 Å². The third kappa shape index (κ3) is 2.72. The zero-order valence-corrected chi connectivity index (χ0v) is 11.8. The molecule has 0 amide bonds. The average Bonchev–Trinajstić information content (AvgIpc) is 2.95. The van der Waals surface area contributed by atoms with Gasteiger partial charge in [0.05, 0.1) is 0 Å². The first-order valence-corrected chi connectivity index (χ1v) is 7.22. The van der Waals surface area contributed by atoms with E-state index in [9.17, 15) is 0 Å². The lowest BCUT2D eigenvalue weighted by Crippen LogP contribution is -3.29. The quantitative estimate of drug-likeness (QED) is 0.714. The Labute approximate surface area is 119 Å². The van der Waals surface area contributed by atoms with Gasteiger partial charge in [-0.05, 0) is 18.2 Å². The number of fused-ring (bicyclic) bond motifs is 1. The second-order valence-corrected chi connectivity index (χ2v) is 5.62. The maximum Gasteiger partial charge on any atom is 0.231 e. The molecule has 2 aliphatic heterocycles. The van der Waals surface area contributed by atoms with Crippen LogP contribution in [0.5, 0.6) is 11.5 Å². The summed E-state index contributed by atoms with van der Waals surface area (Å²) in [7, 11) is 0. The summed E-state index contributed by atoms with van der Waals surface area (Å²) in [5.41, 5.74) is 1.29. The Kier molecular flexibility index (Phi) is 3.77. The molecule has 1 aromatic rings. The highest BCUT2D eigenvalue weighted by atomic mass is 16.7. The smallest absolute Gasteiger partial charge is 0.231 e. The molecule has 0 saturated carbocycles. The fourth-order valence-electron chi connectivity index (χ4n) is 2.97. The molecule has 5 nitrogen and oxygen atoms in total. The van der Waals surface area contributed by atoms with Crippen molar-refractivity contribution in [2.45, 2.75) is 19.5 Å². The first-order valence-electron chi connectivity index (χ1n) is 7.22. The molecule has 2 aliphatic rings. The molecule has 2 N–H and O–H groups in total. The van der Waals surface area contributed by atoms with E-state index in [1.54, 1.807) is 4.90 Å². The van der Waals surface area contributed by atoms with Crippen molar-refractivity contribution in [1.29, 1.82) is 5.26 Å². The number of rotatable bonds is 3. The normalized spacial score (nSPS) is 26.0. The van der Waals surface area contributed by atoms with Gasteiger partial charge in [0.25, 0.3) is 0 Å². The first-order chi connectivity index (χ1) is 9.76. The van der Waals surface area contributed by atoms with Gasteiger partial charge >= 0.3 is 0 Å². The SMILES string of the molecule is C[C@H](C#N)[NH+]1CC[NH+](Cc2ccc3c(c2)OCO3)CC1. The van der Waals surface area contributed by atoms with E-state index in [0.717, 1.165) is 44.2 Å². The summed E-state index contributed by atoms with van der Waals surface area (Å²) in [6.45, 7) is 7.76. The van der Waals surface area contributed by atoms with Crippen LogP contribution in [0.25, 0.3) is 0 Å². The van der Waals surface area contributed by atoms with Gasteiger partial charge in [-0.15, -0.1) is 0 Å². The number of ether oxygens (including phenoxy) is 2. The molecule has 5 heteroatoms. The molecule has 1 aromatic carbocycles. The van der Waals surface area contributed by atoms with Crippen molar-refractivity contribution in [1.82, 2.24) is 0 Å². The molecule has 0 bridgehead atoms. The minimum atomic E-state index is 0.113. The molecular formula is C15H21N3O2+2. The molecule has 1 atom stereocenters. The number of nitrogens with zero attached hydrogens (tertiary/aromatic N) is 1. The summed E-state index contributed by atoms with van der Waals surface area (Å²) in [5.74, 6) is 1.71. The van der Waals surface area contributed by atoms with Crippen LogP contribution in [0.2, 0.25) is 0 Å². The average molecular weight is 275 g/mol. The molecule has 20 heavy (non-hydrogen) atoms. The van der Waals surface area contributed by atoms with Gasteiger partial charge in [-0.25, -0.2) is 0 Å². The Morgan fingerprint density at radius 3 is 2.70 bits per heavy atom. The molecule has 106 valence electrons. The van der Waals surface area contributed by atoms with Crippen molar-refractivity contribution in [3.63, 3.8) is 0 Å². The summed E-state index contributed by atoms with van der Waals surface area (Å²) in [5, 5.41) is 8.97. The van der Waals surface area contributed by atoms with Crippen molar-refractivity contribution >= 4 is 0 Å². The van der Waals surface area contributed by atoms with Crippen LogP contribution < -0.4 is 19.3 Å². The lowest BCUT2D eigenvalue weighted by molar-refractivity contribution is -1.02. The van der Waals surface area contributed by atoms with Crippen LogP contribution in [-0.2, 0) is 6.54 Å². The second kappa shape index (κ2) is 5.70. The number of quaternary nitrogens is 2. The van der Waals surface area contributed by atoms with Gasteiger partial charge in [-0.3, -0.25) is 0 Å². The first kappa shape index (κ1) is 13.2. The van der Waals surface area contributed by atoms with Crippen molar-refractivity contribution in [2.24, 2.45) is 0 Å². The largest absolute Gasteiger partial charge is 0.454 e. The minimum absolute atomic E-state index is 0.113.